The van der Waals surface area contributed by atoms with Crippen LogP contribution in [0, 0.1) is 6.92 Å². The third kappa shape index (κ3) is 3.67. The Hall–Kier alpha value is -3.95. The lowest BCUT2D eigenvalue weighted by molar-refractivity contribution is -0.137. The summed E-state index contributed by atoms with van der Waals surface area (Å²) >= 11 is 0. The van der Waals surface area contributed by atoms with E-state index in [1.165, 1.54) is 17.0 Å². The zero-order valence-electron chi connectivity index (χ0n) is 17.8. The summed E-state index contributed by atoms with van der Waals surface area (Å²) in [4.78, 5) is 26.8. The van der Waals surface area contributed by atoms with Crippen molar-refractivity contribution in [3.8, 4) is 22.6 Å². The van der Waals surface area contributed by atoms with E-state index in [0.717, 1.165) is 23.4 Å². The van der Waals surface area contributed by atoms with Crippen LogP contribution in [0.2, 0.25) is 0 Å². The second-order valence-corrected chi connectivity index (χ2v) is 7.99. The molecule has 168 valence electrons. The number of carbonyl (C=O) groups excluding carboxylic acids is 1. The largest absolute Gasteiger partial charge is 0.416 e. The molecule has 0 bridgehead atoms. The molecule has 1 aromatic carbocycles. The van der Waals surface area contributed by atoms with E-state index in [1.807, 2.05) is 26.0 Å². The number of hydrogen-bond donors (Lipinski definition) is 1. The fourth-order valence-corrected chi connectivity index (χ4v) is 4.01. The maximum absolute atomic E-state index is 13.4. The molecular formula is C23H19F3N6O. The van der Waals surface area contributed by atoms with Gasteiger partial charge in [0.25, 0.3) is 5.91 Å². The maximum Gasteiger partial charge on any atom is 0.416 e. The molecule has 0 unspecified atom stereocenters. The van der Waals surface area contributed by atoms with E-state index >= 15 is 0 Å². The van der Waals surface area contributed by atoms with Crippen LogP contribution in [-0.2, 0) is 6.18 Å². The van der Waals surface area contributed by atoms with Crippen molar-refractivity contribution >= 4 is 11.6 Å². The number of amides is 1. The van der Waals surface area contributed by atoms with Crippen LogP contribution in [0.15, 0.2) is 55.0 Å². The van der Waals surface area contributed by atoms with Gasteiger partial charge in [0.2, 0.25) is 0 Å². The minimum Gasteiger partial charge on any atom is -0.338 e. The molecule has 7 nitrogen and oxygen atoms in total. The van der Waals surface area contributed by atoms with Crippen molar-refractivity contribution in [1.29, 1.82) is 0 Å². The van der Waals surface area contributed by atoms with Crippen LogP contribution >= 0.6 is 0 Å². The number of fused-ring (bicyclic) bond motifs is 1. The summed E-state index contributed by atoms with van der Waals surface area (Å²) in [6.07, 6.45) is 0.504. The van der Waals surface area contributed by atoms with Gasteiger partial charge in [0, 0.05) is 29.7 Å². The second kappa shape index (κ2) is 7.58. The molecule has 1 aliphatic rings. The van der Waals surface area contributed by atoms with Gasteiger partial charge >= 0.3 is 6.18 Å². The van der Waals surface area contributed by atoms with E-state index in [2.05, 4.69) is 20.1 Å². The molecule has 5 rings (SSSR count). The SMILES string of the molecule is Cc1cc(-c2ncc(-c3cnn4c3C(=O)N(c3ccc(C(F)(F)F)cc3)C[C@@H]4C)[nH]2)ccn1. The van der Waals surface area contributed by atoms with Crippen LogP contribution in [0.4, 0.5) is 18.9 Å². The number of nitrogens with zero attached hydrogens (tertiary/aromatic N) is 5. The number of imidazole rings is 1. The summed E-state index contributed by atoms with van der Waals surface area (Å²) in [6.45, 7) is 4.09. The van der Waals surface area contributed by atoms with Crippen LogP contribution in [0.3, 0.4) is 0 Å². The number of H-pyrrole nitrogens is 1. The van der Waals surface area contributed by atoms with Gasteiger partial charge in [-0.25, -0.2) is 4.98 Å². The Bertz CT molecular complexity index is 1340. The number of hydrogen-bond acceptors (Lipinski definition) is 4. The minimum atomic E-state index is -4.44. The number of benzene rings is 1. The van der Waals surface area contributed by atoms with E-state index in [9.17, 15) is 18.0 Å². The van der Waals surface area contributed by atoms with Crippen LogP contribution in [0.25, 0.3) is 22.6 Å². The zero-order valence-corrected chi connectivity index (χ0v) is 17.8. The van der Waals surface area contributed by atoms with Gasteiger partial charge in [-0.2, -0.15) is 18.3 Å². The molecule has 0 saturated heterocycles. The summed E-state index contributed by atoms with van der Waals surface area (Å²) in [5, 5.41) is 4.40. The summed E-state index contributed by atoms with van der Waals surface area (Å²) in [5.74, 6) is 0.294. The lowest BCUT2D eigenvalue weighted by Crippen LogP contribution is -2.42. The molecular weight excluding hydrogens is 433 g/mol. The third-order valence-corrected chi connectivity index (χ3v) is 5.65. The Morgan fingerprint density at radius 3 is 2.55 bits per heavy atom. The second-order valence-electron chi connectivity index (χ2n) is 7.99. The summed E-state index contributed by atoms with van der Waals surface area (Å²) in [6, 6.07) is 8.17. The fraction of sp³-hybridized carbons (Fsp3) is 0.217. The molecule has 1 atom stereocenters. The first-order chi connectivity index (χ1) is 15.7. The first kappa shape index (κ1) is 20.9. The quantitative estimate of drug-likeness (QED) is 0.480. The molecule has 1 amide bonds. The van der Waals surface area contributed by atoms with Crippen LogP contribution in [0.1, 0.15) is 34.7 Å². The molecule has 4 heterocycles. The standard InChI is InChI=1S/C23H19F3N6O/c1-13-9-15(7-8-27-13)21-28-11-19(30-21)18-10-29-32-14(2)12-31(22(33)20(18)32)17-5-3-16(4-6-17)23(24,25)26/h3-11,14H,12H2,1-2H3,(H,28,30)/t14-/m0/s1. The van der Waals surface area contributed by atoms with Gasteiger partial charge in [0.15, 0.2) is 0 Å². The van der Waals surface area contributed by atoms with Crippen molar-refractivity contribution < 1.29 is 18.0 Å². The number of anilines is 1. The van der Waals surface area contributed by atoms with Crippen LogP contribution in [-0.4, -0.2) is 37.2 Å². The molecule has 1 aliphatic heterocycles. The van der Waals surface area contributed by atoms with Crippen LogP contribution in [0.5, 0.6) is 0 Å². The summed E-state index contributed by atoms with van der Waals surface area (Å²) in [5.41, 5.74) is 2.91. The first-order valence-electron chi connectivity index (χ1n) is 10.3. The molecule has 0 radical (unpaired) electrons. The van der Waals surface area contributed by atoms with Gasteiger partial charge in [-0.1, -0.05) is 0 Å². The predicted octanol–water partition coefficient (Wildman–Crippen LogP) is 4.88. The highest BCUT2D eigenvalue weighted by Crippen LogP contribution is 2.35. The number of halogens is 3. The van der Waals surface area contributed by atoms with Crippen molar-refractivity contribution in [2.45, 2.75) is 26.1 Å². The van der Waals surface area contributed by atoms with Gasteiger partial charge in [0.05, 0.1) is 35.3 Å². The Morgan fingerprint density at radius 2 is 1.85 bits per heavy atom. The molecule has 1 N–H and O–H groups in total. The van der Waals surface area contributed by atoms with Crippen molar-refractivity contribution in [1.82, 2.24) is 24.7 Å². The van der Waals surface area contributed by atoms with Crippen molar-refractivity contribution in [3.63, 3.8) is 0 Å². The molecule has 4 aromatic rings. The topological polar surface area (TPSA) is 79.7 Å². The average molecular weight is 452 g/mol. The molecule has 0 fully saturated rings. The van der Waals surface area contributed by atoms with Gasteiger partial charge < -0.3 is 9.88 Å². The van der Waals surface area contributed by atoms with E-state index < -0.39 is 11.7 Å². The summed E-state index contributed by atoms with van der Waals surface area (Å²) in [7, 11) is 0. The molecule has 33 heavy (non-hydrogen) atoms. The number of nitrogens with one attached hydrogen (secondary N) is 1. The molecule has 0 saturated carbocycles. The highest BCUT2D eigenvalue weighted by atomic mass is 19.4. The Labute approximate surface area is 186 Å². The highest BCUT2D eigenvalue weighted by molar-refractivity contribution is 6.09. The van der Waals surface area contributed by atoms with E-state index in [-0.39, 0.29) is 11.9 Å². The number of alkyl halides is 3. The minimum absolute atomic E-state index is 0.168. The fourth-order valence-electron chi connectivity index (χ4n) is 4.01. The lowest BCUT2D eigenvalue weighted by Gasteiger charge is -2.32. The Morgan fingerprint density at radius 1 is 1.09 bits per heavy atom. The van der Waals surface area contributed by atoms with Crippen molar-refractivity contribution in [2.75, 3.05) is 11.4 Å². The predicted molar refractivity (Wildman–Crippen MR) is 116 cm³/mol. The van der Waals surface area contributed by atoms with Crippen LogP contribution < -0.4 is 4.90 Å². The zero-order chi connectivity index (χ0) is 23.3. The third-order valence-electron chi connectivity index (χ3n) is 5.65. The number of rotatable bonds is 3. The number of aryl methyl sites for hydroxylation is 1. The number of pyridine rings is 1. The smallest absolute Gasteiger partial charge is 0.338 e. The molecule has 10 heteroatoms. The average Bonchev–Trinajstić information content (AvgIpc) is 3.43. The monoisotopic (exact) mass is 452 g/mol. The number of aromatic nitrogens is 5. The highest BCUT2D eigenvalue weighted by Gasteiger charge is 2.35. The van der Waals surface area contributed by atoms with Crippen molar-refractivity contribution in [2.24, 2.45) is 0 Å². The molecule has 0 aliphatic carbocycles. The van der Waals surface area contributed by atoms with Crippen molar-refractivity contribution in [3.05, 3.63) is 71.9 Å². The Balaban J connectivity index is 1.50. The Kier molecular flexibility index (Phi) is 4.80. The van der Waals surface area contributed by atoms with Gasteiger partial charge in [-0.15, -0.1) is 0 Å². The molecule has 3 aromatic heterocycles. The number of carbonyl (C=O) groups is 1. The van der Waals surface area contributed by atoms with Gasteiger partial charge in [-0.3, -0.25) is 14.5 Å². The normalized spacial score (nSPS) is 16.2. The van der Waals surface area contributed by atoms with E-state index in [4.69, 9.17) is 0 Å². The van der Waals surface area contributed by atoms with Gasteiger partial charge in [-0.05, 0) is 50.2 Å². The first-order valence-corrected chi connectivity index (χ1v) is 10.3. The summed E-state index contributed by atoms with van der Waals surface area (Å²) < 4.78 is 40.5. The van der Waals surface area contributed by atoms with E-state index in [0.29, 0.717) is 35.0 Å². The maximum atomic E-state index is 13.4. The number of aromatic amines is 1. The van der Waals surface area contributed by atoms with E-state index in [1.54, 1.807) is 23.3 Å². The lowest BCUT2D eigenvalue weighted by atomic mass is 10.1. The van der Waals surface area contributed by atoms with Gasteiger partial charge in [0.1, 0.15) is 11.5 Å². The molecule has 0 spiro atoms.